The molecule has 9 heteroatoms. The minimum Gasteiger partial charge on any atom is -0.478 e. The summed E-state index contributed by atoms with van der Waals surface area (Å²) in [5.74, 6) is -1.95. The summed E-state index contributed by atoms with van der Waals surface area (Å²) in [6.45, 7) is 2.95. The lowest BCUT2D eigenvalue weighted by Gasteiger charge is -2.24. The summed E-state index contributed by atoms with van der Waals surface area (Å²) < 4.78 is 26.8. The van der Waals surface area contributed by atoms with Gasteiger partial charge in [-0.05, 0) is 32.0 Å². The molecule has 0 radical (unpaired) electrons. The molecule has 0 spiro atoms. The lowest BCUT2D eigenvalue weighted by atomic mass is 10.0. The van der Waals surface area contributed by atoms with Gasteiger partial charge < -0.3 is 10.8 Å². The number of carboxylic acids is 1. The zero-order valence-electron chi connectivity index (χ0n) is 11.4. The van der Waals surface area contributed by atoms with Gasteiger partial charge in [0.05, 0.1) is 10.6 Å². The average Bonchev–Trinajstić information content (AvgIpc) is 2.24. The Bertz CT molecular complexity index is 685. The second-order valence-corrected chi connectivity index (χ2v) is 7.14. The quantitative estimate of drug-likeness (QED) is 0.714. The highest BCUT2D eigenvalue weighted by Crippen LogP contribution is 2.24. The summed E-state index contributed by atoms with van der Waals surface area (Å²) in [5, 5.41) is 8.78. The monoisotopic (exact) mass is 334 g/mol. The van der Waals surface area contributed by atoms with Crippen LogP contribution in [0.4, 0.5) is 0 Å². The first-order valence-electron chi connectivity index (χ1n) is 5.80. The van der Waals surface area contributed by atoms with Gasteiger partial charge in [-0.1, -0.05) is 11.6 Å². The van der Waals surface area contributed by atoms with E-state index in [0.717, 1.165) is 6.07 Å². The average molecular weight is 335 g/mol. The van der Waals surface area contributed by atoms with Gasteiger partial charge in [-0.2, -0.15) is 0 Å². The van der Waals surface area contributed by atoms with Gasteiger partial charge in [-0.3, -0.25) is 4.79 Å². The third-order valence-electron chi connectivity index (χ3n) is 2.49. The van der Waals surface area contributed by atoms with Gasteiger partial charge in [0.2, 0.25) is 15.9 Å². The van der Waals surface area contributed by atoms with Crippen LogP contribution in [-0.2, 0) is 14.8 Å². The second kappa shape index (κ2) is 6.00. The highest BCUT2D eigenvalue weighted by molar-refractivity contribution is 7.89. The number of carboxylic acid groups (broad SMARTS) is 1. The summed E-state index contributed by atoms with van der Waals surface area (Å²) in [5.41, 5.74) is 3.71. The van der Waals surface area contributed by atoms with Gasteiger partial charge in [0, 0.05) is 12.0 Å². The van der Waals surface area contributed by atoms with E-state index in [4.69, 9.17) is 22.4 Å². The van der Waals surface area contributed by atoms with E-state index < -0.39 is 27.4 Å². The van der Waals surface area contributed by atoms with E-state index in [1.165, 1.54) is 26.0 Å². The number of rotatable bonds is 6. The minimum absolute atomic E-state index is 0.123. The molecule has 1 aromatic carbocycles. The van der Waals surface area contributed by atoms with Crippen LogP contribution in [0, 0.1) is 0 Å². The number of nitrogens with two attached hydrogens (primary N) is 1. The van der Waals surface area contributed by atoms with Crippen molar-refractivity contribution in [1.29, 1.82) is 0 Å². The Kier molecular flexibility index (Phi) is 4.98. The topological polar surface area (TPSA) is 127 Å². The maximum absolute atomic E-state index is 12.3. The number of sulfonamides is 1. The summed E-state index contributed by atoms with van der Waals surface area (Å²) >= 11 is 5.82. The van der Waals surface area contributed by atoms with Crippen molar-refractivity contribution in [2.45, 2.75) is 30.7 Å². The van der Waals surface area contributed by atoms with Crippen molar-refractivity contribution in [3.63, 3.8) is 0 Å². The summed E-state index contributed by atoms with van der Waals surface area (Å²) in [6.07, 6.45) is -0.220. The summed E-state index contributed by atoms with van der Waals surface area (Å²) in [6, 6.07) is 3.33. The Labute approximate surface area is 127 Å². The molecule has 21 heavy (non-hydrogen) atoms. The number of hydrogen-bond acceptors (Lipinski definition) is 4. The fourth-order valence-corrected chi connectivity index (χ4v) is 3.67. The van der Waals surface area contributed by atoms with Crippen LogP contribution in [0.25, 0.3) is 0 Å². The van der Waals surface area contributed by atoms with E-state index in [1.807, 2.05) is 0 Å². The molecule has 0 atom stereocenters. The molecule has 1 aromatic rings. The van der Waals surface area contributed by atoms with Gasteiger partial charge in [-0.15, -0.1) is 0 Å². The van der Waals surface area contributed by atoms with Gasteiger partial charge in [0.15, 0.2) is 0 Å². The highest BCUT2D eigenvalue weighted by atomic mass is 35.5. The SMILES string of the molecule is CC(C)(CC(N)=O)NS(=O)(=O)c1cc(C(=O)O)ccc1Cl. The van der Waals surface area contributed by atoms with Crippen LogP contribution in [0.3, 0.4) is 0 Å². The standard InChI is InChI=1S/C12H15ClN2O5S/c1-12(2,6-10(14)16)15-21(19,20)9-5-7(11(17)18)3-4-8(9)13/h3-5,15H,6H2,1-2H3,(H2,14,16)(H,17,18). The first-order valence-corrected chi connectivity index (χ1v) is 7.66. The van der Waals surface area contributed by atoms with E-state index in [9.17, 15) is 18.0 Å². The van der Waals surface area contributed by atoms with E-state index in [0.29, 0.717) is 0 Å². The number of aromatic carboxylic acids is 1. The molecule has 0 unspecified atom stereocenters. The second-order valence-electron chi connectivity index (χ2n) is 5.08. The predicted molar refractivity (Wildman–Crippen MR) is 76.6 cm³/mol. The zero-order valence-corrected chi connectivity index (χ0v) is 13.0. The van der Waals surface area contributed by atoms with E-state index >= 15 is 0 Å². The third kappa shape index (κ3) is 4.69. The Hall–Kier alpha value is -1.64. The van der Waals surface area contributed by atoms with E-state index in [-0.39, 0.29) is 21.9 Å². The number of halogens is 1. The number of nitrogens with one attached hydrogen (secondary N) is 1. The molecular formula is C12H15ClN2O5S. The molecule has 0 aliphatic carbocycles. The maximum Gasteiger partial charge on any atom is 0.335 e. The summed E-state index contributed by atoms with van der Waals surface area (Å²) in [7, 11) is -4.10. The smallest absolute Gasteiger partial charge is 0.335 e. The van der Waals surface area contributed by atoms with Crippen molar-refractivity contribution in [3.8, 4) is 0 Å². The molecule has 0 saturated carbocycles. The van der Waals surface area contributed by atoms with Crippen LogP contribution < -0.4 is 10.5 Å². The molecule has 0 aliphatic heterocycles. The summed E-state index contributed by atoms with van der Waals surface area (Å²) in [4.78, 5) is 21.5. The molecule has 7 nitrogen and oxygen atoms in total. The molecule has 0 fully saturated rings. The molecule has 1 rings (SSSR count). The molecule has 0 aromatic heterocycles. The number of benzene rings is 1. The van der Waals surface area contributed by atoms with Crippen molar-refractivity contribution in [2.75, 3.05) is 0 Å². The van der Waals surface area contributed by atoms with Crippen LogP contribution in [0.1, 0.15) is 30.6 Å². The molecule has 0 heterocycles. The lowest BCUT2D eigenvalue weighted by Crippen LogP contribution is -2.46. The maximum atomic E-state index is 12.3. The van der Waals surface area contributed by atoms with Crippen LogP contribution in [0.15, 0.2) is 23.1 Å². The Balaban J connectivity index is 3.22. The number of carbonyl (C=O) groups is 2. The van der Waals surface area contributed by atoms with Gasteiger partial charge in [0.25, 0.3) is 0 Å². The van der Waals surface area contributed by atoms with Crippen LogP contribution >= 0.6 is 11.6 Å². The van der Waals surface area contributed by atoms with Crippen LogP contribution in [-0.4, -0.2) is 30.9 Å². The lowest BCUT2D eigenvalue weighted by molar-refractivity contribution is -0.119. The fourth-order valence-electron chi connectivity index (χ4n) is 1.73. The molecule has 0 aliphatic rings. The van der Waals surface area contributed by atoms with Gasteiger partial charge >= 0.3 is 5.97 Å². The van der Waals surface area contributed by atoms with Crippen molar-refractivity contribution >= 4 is 33.5 Å². The van der Waals surface area contributed by atoms with Crippen LogP contribution in [0.5, 0.6) is 0 Å². The Morgan fingerprint density at radius 3 is 2.43 bits per heavy atom. The highest BCUT2D eigenvalue weighted by Gasteiger charge is 2.29. The number of primary amides is 1. The van der Waals surface area contributed by atoms with Crippen molar-refractivity contribution in [2.24, 2.45) is 5.73 Å². The Morgan fingerprint density at radius 1 is 1.38 bits per heavy atom. The normalized spacial score (nSPS) is 12.1. The van der Waals surface area contributed by atoms with Crippen molar-refractivity contribution in [1.82, 2.24) is 4.72 Å². The largest absolute Gasteiger partial charge is 0.478 e. The Morgan fingerprint density at radius 2 is 1.95 bits per heavy atom. The molecule has 1 amide bonds. The first kappa shape index (κ1) is 17.4. The van der Waals surface area contributed by atoms with Gasteiger partial charge in [-0.25, -0.2) is 17.9 Å². The number of carbonyl (C=O) groups excluding carboxylic acids is 1. The molecule has 116 valence electrons. The fraction of sp³-hybridized carbons (Fsp3) is 0.333. The third-order valence-corrected chi connectivity index (χ3v) is 4.67. The van der Waals surface area contributed by atoms with Gasteiger partial charge in [0.1, 0.15) is 4.90 Å². The van der Waals surface area contributed by atoms with Crippen LogP contribution in [0.2, 0.25) is 5.02 Å². The molecule has 4 N–H and O–H groups in total. The number of amides is 1. The van der Waals surface area contributed by atoms with E-state index in [1.54, 1.807) is 0 Å². The first-order chi connectivity index (χ1) is 9.44. The van der Waals surface area contributed by atoms with E-state index in [2.05, 4.69) is 4.72 Å². The minimum atomic E-state index is -4.10. The van der Waals surface area contributed by atoms with Crippen molar-refractivity contribution in [3.05, 3.63) is 28.8 Å². The predicted octanol–water partition coefficient (Wildman–Crippen LogP) is 0.971. The molecular weight excluding hydrogens is 320 g/mol. The molecule has 0 saturated heterocycles. The number of hydrogen-bond donors (Lipinski definition) is 3. The zero-order chi connectivity index (χ0) is 16.4. The molecule has 0 bridgehead atoms. The van der Waals surface area contributed by atoms with Crippen molar-refractivity contribution < 1.29 is 23.1 Å².